The number of anilines is 1. The van der Waals surface area contributed by atoms with Gasteiger partial charge < -0.3 is 10.1 Å². The van der Waals surface area contributed by atoms with Gasteiger partial charge in [-0.15, -0.1) is 11.8 Å². The van der Waals surface area contributed by atoms with Crippen LogP contribution in [0.15, 0.2) is 83.8 Å². The minimum Gasteiger partial charge on any atom is -0.457 e. The summed E-state index contributed by atoms with van der Waals surface area (Å²) >= 11 is 1.35. The normalized spacial score (nSPS) is 9.96. The summed E-state index contributed by atoms with van der Waals surface area (Å²) in [7, 11) is 0. The topological polar surface area (TPSA) is 62.1 Å². The second-order valence-electron chi connectivity index (χ2n) is 5.34. The number of amides is 1. The molecule has 0 unspecified atom stereocenters. The van der Waals surface area contributed by atoms with Crippen LogP contribution >= 0.6 is 11.8 Å². The standard InChI is InChI=1S/C21H16N2O2S/c22-14-15-26-20-9-5-4-8-19(20)21(24)23-16-10-12-18(13-11-16)25-17-6-2-1-3-7-17/h1-13H,15H2,(H,23,24). The molecule has 1 N–H and O–H groups in total. The van der Waals surface area contributed by atoms with Crippen molar-refractivity contribution in [3.63, 3.8) is 0 Å². The molecule has 128 valence electrons. The van der Waals surface area contributed by atoms with E-state index in [1.54, 1.807) is 30.3 Å². The minimum atomic E-state index is -0.206. The summed E-state index contributed by atoms with van der Waals surface area (Å²) in [5.74, 6) is 1.55. The summed E-state index contributed by atoms with van der Waals surface area (Å²) in [6, 6.07) is 26.0. The minimum absolute atomic E-state index is 0.206. The molecular weight excluding hydrogens is 344 g/mol. The van der Waals surface area contributed by atoms with Gasteiger partial charge in [-0.3, -0.25) is 4.79 Å². The van der Waals surface area contributed by atoms with Crippen LogP contribution in [-0.4, -0.2) is 11.7 Å². The van der Waals surface area contributed by atoms with E-state index >= 15 is 0 Å². The number of benzene rings is 3. The second-order valence-corrected chi connectivity index (χ2v) is 6.35. The SMILES string of the molecule is N#CCSc1ccccc1C(=O)Nc1ccc(Oc2ccccc2)cc1. The van der Waals surface area contributed by atoms with Crippen molar-refractivity contribution in [1.29, 1.82) is 5.26 Å². The van der Waals surface area contributed by atoms with Crippen LogP contribution in [-0.2, 0) is 0 Å². The fourth-order valence-electron chi connectivity index (χ4n) is 2.32. The first-order valence-electron chi connectivity index (χ1n) is 7.99. The molecule has 0 heterocycles. The second kappa shape index (κ2) is 8.75. The summed E-state index contributed by atoms with van der Waals surface area (Å²) in [5, 5.41) is 11.6. The molecule has 5 heteroatoms. The van der Waals surface area contributed by atoms with Crippen LogP contribution in [0.4, 0.5) is 5.69 Å². The number of hydrogen-bond donors (Lipinski definition) is 1. The van der Waals surface area contributed by atoms with Crippen molar-refractivity contribution in [1.82, 2.24) is 0 Å². The van der Waals surface area contributed by atoms with Gasteiger partial charge in [-0.05, 0) is 48.5 Å². The first-order valence-corrected chi connectivity index (χ1v) is 8.98. The molecule has 0 aliphatic rings. The molecule has 3 rings (SSSR count). The lowest BCUT2D eigenvalue weighted by Crippen LogP contribution is -2.12. The number of nitriles is 1. The Balaban J connectivity index is 1.68. The van der Waals surface area contributed by atoms with Gasteiger partial charge in [-0.25, -0.2) is 0 Å². The number of hydrogen-bond acceptors (Lipinski definition) is 4. The molecule has 0 aliphatic carbocycles. The zero-order valence-electron chi connectivity index (χ0n) is 13.9. The summed E-state index contributed by atoms with van der Waals surface area (Å²) in [5.41, 5.74) is 1.23. The van der Waals surface area contributed by atoms with Crippen LogP contribution in [0.1, 0.15) is 10.4 Å². The van der Waals surface area contributed by atoms with Gasteiger partial charge in [0, 0.05) is 10.6 Å². The average Bonchev–Trinajstić information content (AvgIpc) is 2.69. The number of carbonyl (C=O) groups is 1. The van der Waals surface area contributed by atoms with E-state index in [1.165, 1.54) is 11.8 Å². The molecular formula is C21H16N2O2S. The molecule has 3 aromatic carbocycles. The lowest BCUT2D eigenvalue weighted by molar-refractivity contribution is 0.102. The predicted molar refractivity (Wildman–Crippen MR) is 104 cm³/mol. The van der Waals surface area contributed by atoms with E-state index in [9.17, 15) is 4.79 Å². The summed E-state index contributed by atoms with van der Waals surface area (Å²) in [6.45, 7) is 0. The van der Waals surface area contributed by atoms with E-state index in [-0.39, 0.29) is 5.91 Å². The quantitative estimate of drug-likeness (QED) is 0.602. The molecule has 0 fully saturated rings. The maximum atomic E-state index is 12.5. The Morgan fingerprint density at radius 1 is 0.923 bits per heavy atom. The van der Waals surface area contributed by atoms with Crippen molar-refractivity contribution in [3.05, 3.63) is 84.4 Å². The van der Waals surface area contributed by atoms with Crippen LogP contribution in [0.5, 0.6) is 11.5 Å². The van der Waals surface area contributed by atoms with Crippen molar-refractivity contribution in [2.75, 3.05) is 11.1 Å². The fourth-order valence-corrected chi connectivity index (χ4v) is 3.03. The number of para-hydroxylation sites is 1. The molecule has 0 aliphatic heterocycles. The summed E-state index contributed by atoms with van der Waals surface area (Å²) in [4.78, 5) is 13.3. The number of thioether (sulfide) groups is 1. The number of rotatable bonds is 6. The molecule has 26 heavy (non-hydrogen) atoms. The van der Waals surface area contributed by atoms with Crippen molar-refractivity contribution in [3.8, 4) is 17.6 Å². The van der Waals surface area contributed by atoms with E-state index in [0.717, 1.165) is 10.6 Å². The highest BCUT2D eigenvalue weighted by Gasteiger charge is 2.11. The maximum absolute atomic E-state index is 12.5. The average molecular weight is 360 g/mol. The lowest BCUT2D eigenvalue weighted by Gasteiger charge is -2.10. The zero-order chi connectivity index (χ0) is 18.2. The largest absolute Gasteiger partial charge is 0.457 e. The van der Waals surface area contributed by atoms with Gasteiger partial charge in [0.25, 0.3) is 5.91 Å². The Hall–Kier alpha value is -3.23. The van der Waals surface area contributed by atoms with E-state index in [0.29, 0.717) is 22.8 Å². The van der Waals surface area contributed by atoms with Gasteiger partial charge in [0.2, 0.25) is 0 Å². The molecule has 0 aromatic heterocycles. The van der Waals surface area contributed by atoms with E-state index in [2.05, 4.69) is 11.4 Å². The van der Waals surface area contributed by atoms with Crippen LogP contribution in [0, 0.1) is 11.3 Å². The first kappa shape index (κ1) is 17.6. The Bertz CT molecular complexity index is 919. The first-order chi connectivity index (χ1) is 12.8. The number of nitrogens with one attached hydrogen (secondary N) is 1. The Kier molecular flexibility index (Phi) is 5.92. The molecule has 1 amide bonds. The van der Waals surface area contributed by atoms with Crippen LogP contribution in [0.2, 0.25) is 0 Å². The predicted octanol–water partition coefficient (Wildman–Crippen LogP) is 5.35. The molecule has 0 bridgehead atoms. The Morgan fingerprint density at radius 2 is 1.58 bits per heavy atom. The van der Waals surface area contributed by atoms with Gasteiger partial charge in [-0.2, -0.15) is 5.26 Å². The molecule has 0 spiro atoms. The van der Waals surface area contributed by atoms with Crippen molar-refractivity contribution < 1.29 is 9.53 Å². The zero-order valence-corrected chi connectivity index (χ0v) is 14.7. The van der Waals surface area contributed by atoms with Gasteiger partial charge in [0.15, 0.2) is 0 Å². The van der Waals surface area contributed by atoms with Gasteiger partial charge in [0.1, 0.15) is 11.5 Å². The van der Waals surface area contributed by atoms with Crippen molar-refractivity contribution in [2.45, 2.75) is 4.90 Å². The molecule has 4 nitrogen and oxygen atoms in total. The molecule has 0 radical (unpaired) electrons. The smallest absolute Gasteiger partial charge is 0.256 e. The Morgan fingerprint density at radius 3 is 2.31 bits per heavy atom. The van der Waals surface area contributed by atoms with Gasteiger partial charge in [0.05, 0.1) is 17.4 Å². The summed E-state index contributed by atoms with van der Waals surface area (Å²) in [6.07, 6.45) is 0. The third-order valence-electron chi connectivity index (χ3n) is 3.51. The van der Waals surface area contributed by atoms with Crippen LogP contribution in [0.3, 0.4) is 0 Å². The monoisotopic (exact) mass is 360 g/mol. The highest BCUT2D eigenvalue weighted by atomic mass is 32.2. The van der Waals surface area contributed by atoms with Crippen molar-refractivity contribution >= 4 is 23.4 Å². The third kappa shape index (κ3) is 4.65. The highest BCUT2D eigenvalue weighted by molar-refractivity contribution is 7.99. The highest BCUT2D eigenvalue weighted by Crippen LogP contribution is 2.25. The van der Waals surface area contributed by atoms with E-state index < -0.39 is 0 Å². The number of nitrogens with zero attached hydrogens (tertiary/aromatic N) is 1. The maximum Gasteiger partial charge on any atom is 0.256 e. The summed E-state index contributed by atoms with van der Waals surface area (Å²) < 4.78 is 5.74. The third-order valence-corrected chi connectivity index (χ3v) is 4.46. The molecule has 0 saturated heterocycles. The molecule has 3 aromatic rings. The molecule has 0 saturated carbocycles. The van der Waals surface area contributed by atoms with Crippen molar-refractivity contribution in [2.24, 2.45) is 0 Å². The van der Waals surface area contributed by atoms with Crippen LogP contribution < -0.4 is 10.1 Å². The number of carbonyl (C=O) groups excluding carboxylic acids is 1. The molecule has 0 atom stereocenters. The van der Waals surface area contributed by atoms with Crippen LogP contribution in [0.25, 0.3) is 0 Å². The van der Waals surface area contributed by atoms with Gasteiger partial charge >= 0.3 is 0 Å². The lowest BCUT2D eigenvalue weighted by atomic mass is 10.2. The van der Waals surface area contributed by atoms with Gasteiger partial charge in [-0.1, -0.05) is 30.3 Å². The van der Waals surface area contributed by atoms with E-state index in [4.69, 9.17) is 10.00 Å². The van der Waals surface area contributed by atoms with E-state index in [1.807, 2.05) is 48.5 Å². The number of ether oxygens (including phenoxy) is 1. The fraction of sp³-hybridized carbons (Fsp3) is 0.0476. The Labute approximate surface area is 156 Å².